The molecule has 6 heteroatoms. The minimum Gasteiger partial charge on any atom is -0.383 e. The van der Waals surface area contributed by atoms with Crippen molar-refractivity contribution >= 4 is 11.6 Å². The molecule has 0 unspecified atom stereocenters. The van der Waals surface area contributed by atoms with Gasteiger partial charge in [0.15, 0.2) is 0 Å². The van der Waals surface area contributed by atoms with Gasteiger partial charge >= 0.3 is 5.69 Å². The van der Waals surface area contributed by atoms with Gasteiger partial charge in [0.1, 0.15) is 0 Å². The van der Waals surface area contributed by atoms with E-state index in [0.717, 1.165) is 6.54 Å². The van der Waals surface area contributed by atoms with Gasteiger partial charge in [-0.1, -0.05) is 11.6 Å². The Kier molecular flexibility index (Phi) is 5.31. The number of halogens is 1. The van der Waals surface area contributed by atoms with Crippen molar-refractivity contribution in [3.63, 3.8) is 0 Å². The number of methoxy groups -OCH3 is 1. The molecule has 15 heavy (non-hydrogen) atoms. The van der Waals surface area contributed by atoms with E-state index >= 15 is 0 Å². The lowest BCUT2D eigenvalue weighted by Crippen LogP contribution is -2.29. The van der Waals surface area contributed by atoms with Crippen molar-refractivity contribution in [2.45, 2.75) is 6.54 Å². The number of hydrogen-bond donors (Lipinski definition) is 1. The largest absolute Gasteiger partial charge is 0.383 e. The predicted molar refractivity (Wildman–Crippen MR) is 58.3 cm³/mol. The number of rotatable bonds is 6. The van der Waals surface area contributed by atoms with E-state index in [1.807, 2.05) is 0 Å². The Bertz CT molecular complexity index is 353. The molecule has 1 aromatic heterocycles. The highest BCUT2D eigenvalue weighted by molar-refractivity contribution is 6.30. The van der Waals surface area contributed by atoms with Crippen LogP contribution in [0.5, 0.6) is 0 Å². The highest BCUT2D eigenvalue weighted by Crippen LogP contribution is 2.00. The number of aromatic nitrogens is 2. The summed E-state index contributed by atoms with van der Waals surface area (Å²) in [7, 11) is 1.65. The fourth-order valence-corrected chi connectivity index (χ4v) is 1.25. The van der Waals surface area contributed by atoms with Crippen LogP contribution in [0.15, 0.2) is 17.2 Å². The molecule has 0 fully saturated rings. The Morgan fingerprint density at radius 2 is 2.40 bits per heavy atom. The Balaban J connectivity index is 2.37. The summed E-state index contributed by atoms with van der Waals surface area (Å²) in [6.45, 7) is 2.66. The first-order valence-corrected chi connectivity index (χ1v) is 5.03. The predicted octanol–water partition coefficient (Wildman–Crippen LogP) is 0.133. The van der Waals surface area contributed by atoms with E-state index in [4.69, 9.17) is 16.3 Å². The third-order valence-electron chi connectivity index (χ3n) is 1.84. The number of nitrogens with zero attached hydrogens (tertiary/aromatic N) is 2. The maximum atomic E-state index is 11.2. The van der Waals surface area contributed by atoms with Crippen LogP contribution in [0.3, 0.4) is 0 Å². The molecule has 0 radical (unpaired) electrons. The van der Waals surface area contributed by atoms with Gasteiger partial charge in [0.25, 0.3) is 0 Å². The highest BCUT2D eigenvalue weighted by Gasteiger charge is 1.97. The lowest BCUT2D eigenvalue weighted by atomic mass is 10.5. The molecule has 0 spiro atoms. The lowest BCUT2D eigenvalue weighted by Gasteiger charge is -2.06. The first-order chi connectivity index (χ1) is 7.24. The third kappa shape index (κ3) is 4.42. The monoisotopic (exact) mass is 231 g/mol. The molecule has 0 atom stereocenters. The summed E-state index contributed by atoms with van der Waals surface area (Å²) in [6, 6.07) is 0. The van der Waals surface area contributed by atoms with Crippen LogP contribution in [0.25, 0.3) is 0 Å². The van der Waals surface area contributed by atoms with Crippen LogP contribution >= 0.6 is 11.6 Å². The van der Waals surface area contributed by atoms with Crippen LogP contribution in [0, 0.1) is 0 Å². The molecule has 0 aliphatic heterocycles. The van der Waals surface area contributed by atoms with Crippen molar-refractivity contribution in [1.82, 2.24) is 14.9 Å². The quantitative estimate of drug-likeness (QED) is 0.708. The fourth-order valence-electron chi connectivity index (χ4n) is 1.09. The number of hydrogen-bond acceptors (Lipinski definition) is 4. The molecule has 1 heterocycles. The second-order valence-corrected chi connectivity index (χ2v) is 3.43. The molecule has 84 valence electrons. The van der Waals surface area contributed by atoms with E-state index in [1.165, 1.54) is 10.8 Å². The molecule has 0 aliphatic carbocycles. The van der Waals surface area contributed by atoms with Gasteiger partial charge in [-0.25, -0.2) is 9.78 Å². The molecule has 0 aromatic carbocycles. The Hall–Kier alpha value is -0.910. The minimum absolute atomic E-state index is 0.284. The zero-order valence-electron chi connectivity index (χ0n) is 8.57. The molecule has 1 N–H and O–H groups in total. The second kappa shape index (κ2) is 6.55. The average molecular weight is 232 g/mol. The molecule has 5 nitrogen and oxygen atoms in total. The van der Waals surface area contributed by atoms with E-state index in [2.05, 4.69) is 10.3 Å². The summed E-state index contributed by atoms with van der Waals surface area (Å²) < 4.78 is 6.35. The van der Waals surface area contributed by atoms with Crippen LogP contribution in [-0.2, 0) is 11.3 Å². The molecule has 1 rings (SSSR count). The minimum atomic E-state index is -0.284. The maximum Gasteiger partial charge on any atom is 0.347 e. The van der Waals surface area contributed by atoms with E-state index in [-0.39, 0.29) is 5.69 Å². The molecule has 0 amide bonds. The average Bonchev–Trinajstić information content (AvgIpc) is 2.23. The lowest BCUT2D eigenvalue weighted by molar-refractivity contribution is 0.199. The molecule has 0 saturated carbocycles. The van der Waals surface area contributed by atoms with E-state index in [0.29, 0.717) is 24.7 Å². The van der Waals surface area contributed by atoms with E-state index < -0.39 is 0 Å². The number of ether oxygens (including phenoxy) is 1. The van der Waals surface area contributed by atoms with Crippen LogP contribution in [0.1, 0.15) is 0 Å². The van der Waals surface area contributed by atoms with Crippen LogP contribution in [0.2, 0.25) is 5.02 Å². The second-order valence-electron chi connectivity index (χ2n) is 2.99. The molecule has 0 bridgehead atoms. The standard InChI is InChI=1S/C9H14ClN3O2/c1-15-5-3-11-2-4-13-7-8(10)6-12-9(13)14/h6-7,11H,2-5H2,1H3. The Morgan fingerprint density at radius 3 is 3.13 bits per heavy atom. The van der Waals surface area contributed by atoms with Gasteiger partial charge in [-0.3, -0.25) is 4.57 Å². The van der Waals surface area contributed by atoms with Crippen molar-refractivity contribution in [3.05, 3.63) is 27.9 Å². The molecule has 0 aliphatic rings. The Morgan fingerprint density at radius 1 is 1.60 bits per heavy atom. The van der Waals surface area contributed by atoms with Crippen molar-refractivity contribution < 1.29 is 4.74 Å². The zero-order valence-corrected chi connectivity index (χ0v) is 9.33. The SMILES string of the molecule is COCCNCCn1cc(Cl)cnc1=O. The Labute approximate surface area is 93.0 Å². The van der Waals surface area contributed by atoms with Crippen LogP contribution in [-0.4, -0.2) is 36.4 Å². The number of nitrogens with one attached hydrogen (secondary N) is 1. The fraction of sp³-hybridized carbons (Fsp3) is 0.556. The molecular formula is C9H14ClN3O2. The molecule has 0 saturated heterocycles. The van der Waals surface area contributed by atoms with Gasteiger partial charge in [-0.2, -0.15) is 0 Å². The van der Waals surface area contributed by atoms with Gasteiger partial charge < -0.3 is 10.1 Å². The van der Waals surface area contributed by atoms with E-state index in [1.54, 1.807) is 13.3 Å². The summed E-state index contributed by atoms with van der Waals surface area (Å²) in [5, 5.41) is 3.59. The summed E-state index contributed by atoms with van der Waals surface area (Å²) in [6.07, 6.45) is 2.92. The van der Waals surface area contributed by atoms with Gasteiger partial charge in [-0.15, -0.1) is 0 Å². The topological polar surface area (TPSA) is 56.1 Å². The third-order valence-corrected chi connectivity index (χ3v) is 2.03. The first-order valence-electron chi connectivity index (χ1n) is 4.65. The zero-order chi connectivity index (χ0) is 11.1. The molecular weight excluding hydrogens is 218 g/mol. The summed E-state index contributed by atoms with van der Waals surface area (Å²) in [4.78, 5) is 14.8. The van der Waals surface area contributed by atoms with Gasteiger partial charge in [0.2, 0.25) is 0 Å². The van der Waals surface area contributed by atoms with Crippen LogP contribution in [0.4, 0.5) is 0 Å². The van der Waals surface area contributed by atoms with Crippen molar-refractivity contribution in [2.75, 3.05) is 26.8 Å². The summed E-state index contributed by atoms with van der Waals surface area (Å²) >= 11 is 5.72. The normalized spacial score (nSPS) is 10.5. The highest BCUT2D eigenvalue weighted by atomic mass is 35.5. The summed E-state index contributed by atoms with van der Waals surface area (Å²) in [5.74, 6) is 0. The van der Waals surface area contributed by atoms with Crippen molar-refractivity contribution in [3.8, 4) is 0 Å². The van der Waals surface area contributed by atoms with Crippen LogP contribution < -0.4 is 11.0 Å². The van der Waals surface area contributed by atoms with Crippen molar-refractivity contribution in [1.29, 1.82) is 0 Å². The van der Waals surface area contributed by atoms with Gasteiger partial charge in [0, 0.05) is 32.9 Å². The first kappa shape index (κ1) is 12.2. The summed E-state index contributed by atoms with van der Waals surface area (Å²) in [5.41, 5.74) is -0.284. The van der Waals surface area contributed by atoms with Gasteiger partial charge in [0.05, 0.1) is 17.8 Å². The maximum absolute atomic E-state index is 11.2. The van der Waals surface area contributed by atoms with E-state index in [9.17, 15) is 4.79 Å². The van der Waals surface area contributed by atoms with Crippen molar-refractivity contribution in [2.24, 2.45) is 0 Å². The van der Waals surface area contributed by atoms with Gasteiger partial charge in [-0.05, 0) is 0 Å². The molecule has 1 aromatic rings. The smallest absolute Gasteiger partial charge is 0.347 e.